The fraction of sp³-hybridized carbons (Fsp3) is 0.308. The molecule has 0 bridgehead atoms. The number of halogens is 1. The molecule has 1 aliphatic rings. The van der Waals surface area contributed by atoms with Crippen LogP contribution in [0.4, 0.5) is 10.2 Å². The number of nitrogens with zero attached hydrogens (tertiary/aromatic N) is 1. The van der Waals surface area contributed by atoms with E-state index in [0.29, 0.717) is 12.4 Å². The fourth-order valence-corrected chi connectivity index (χ4v) is 2.35. The van der Waals surface area contributed by atoms with Crippen molar-refractivity contribution in [1.82, 2.24) is 10.2 Å². The molecule has 3 N–H and O–H groups in total. The number of nitrogens with one attached hydrogen (secondary N) is 1. The van der Waals surface area contributed by atoms with Crippen molar-refractivity contribution < 1.29 is 9.13 Å². The number of aromatic amines is 1. The minimum atomic E-state index is -0.258. The Morgan fingerprint density at radius 1 is 1.33 bits per heavy atom. The minimum Gasteiger partial charge on any atom is -0.382 e. The third-order valence-electron chi connectivity index (χ3n) is 3.29. The molecular formula is C13H14FN3O. The van der Waals surface area contributed by atoms with Crippen LogP contribution in [0.1, 0.15) is 18.0 Å². The normalized spacial score (nSPS) is 19.3. The van der Waals surface area contributed by atoms with Crippen molar-refractivity contribution in [2.45, 2.75) is 12.3 Å². The molecule has 0 saturated carbocycles. The van der Waals surface area contributed by atoms with E-state index in [9.17, 15) is 4.39 Å². The molecule has 4 nitrogen and oxygen atoms in total. The second-order valence-electron chi connectivity index (χ2n) is 4.46. The molecule has 0 radical (unpaired) electrons. The predicted molar refractivity (Wildman–Crippen MR) is 66.6 cm³/mol. The number of nitrogens with two attached hydrogens (primary N) is 1. The zero-order valence-corrected chi connectivity index (χ0v) is 9.82. The number of hydrogen-bond acceptors (Lipinski definition) is 3. The first-order valence-corrected chi connectivity index (χ1v) is 5.93. The zero-order valence-electron chi connectivity index (χ0n) is 9.82. The van der Waals surface area contributed by atoms with Gasteiger partial charge in [-0.25, -0.2) is 4.39 Å². The summed E-state index contributed by atoms with van der Waals surface area (Å²) in [6, 6.07) is 6.29. The van der Waals surface area contributed by atoms with Gasteiger partial charge >= 0.3 is 0 Å². The highest BCUT2D eigenvalue weighted by atomic mass is 19.1. The fourth-order valence-electron chi connectivity index (χ4n) is 2.35. The van der Waals surface area contributed by atoms with E-state index in [1.165, 1.54) is 12.1 Å². The van der Waals surface area contributed by atoms with Crippen LogP contribution < -0.4 is 5.73 Å². The summed E-state index contributed by atoms with van der Waals surface area (Å²) in [5.41, 5.74) is 8.63. The van der Waals surface area contributed by atoms with Crippen LogP contribution in [0.5, 0.6) is 0 Å². The summed E-state index contributed by atoms with van der Waals surface area (Å²) in [6.07, 6.45) is 0.954. The number of nitrogen functional groups attached to an aromatic ring is 1. The molecule has 2 heterocycles. The Hall–Kier alpha value is -1.88. The maximum Gasteiger partial charge on any atom is 0.153 e. The molecule has 5 heteroatoms. The highest BCUT2D eigenvalue weighted by Gasteiger charge is 2.24. The summed E-state index contributed by atoms with van der Waals surface area (Å²) in [7, 11) is 0. The van der Waals surface area contributed by atoms with Gasteiger partial charge in [-0.2, -0.15) is 5.10 Å². The van der Waals surface area contributed by atoms with E-state index >= 15 is 0 Å². The van der Waals surface area contributed by atoms with E-state index in [4.69, 9.17) is 10.5 Å². The van der Waals surface area contributed by atoms with Gasteiger partial charge in [-0.1, -0.05) is 12.1 Å². The Morgan fingerprint density at radius 3 is 2.78 bits per heavy atom. The average molecular weight is 247 g/mol. The van der Waals surface area contributed by atoms with Gasteiger partial charge < -0.3 is 10.5 Å². The molecule has 0 spiro atoms. The summed E-state index contributed by atoms with van der Waals surface area (Å²) in [5, 5.41) is 7.04. The SMILES string of the molecule is Nc1n[nH]c(C2CCOC2)c1-c1ccc(F)cc1. The second kappa shape index (κ2) is 4.42. The number of rotatable bonds is 2. The van der Waals surface area contributed by atoms with Crippen LogP contribution in [-0.4, -0.2) is 23.4 Å². The van der Waals surface area contributed by atoms with Crippen LogP contribution >= 0.6 is 0 Å². The Morgan fingerprint density at radius 2 is 2.11 bits per heavy atom. The molecule has 94 valence electrons. The summed E-state index contributed by atoms with van der Waals surface area (Å²) >= 11 is 0. The molecule has 1 saturated heterocycles. The van der Waals surface area contributed by atoms with Crippen molar-refractivity contribution in [2.75, 3.05) is 18.9 Å². The largest absolute Gasteiger partial charge is 0.382 e. The monoisotopic (exact) mass is 247 g/mol. The maximum absolute atomic E-state index is 13.0. The van der Waals surface area contributed by atoms with Crippen LogP contribution in [-0.2, 0) is 4.74 Å². The number of ether oxygens (including phenoxy) is 1. The van der Waals surface area contributed by atoms with E-state index in [1.54, 1.807) is 12.1 Å². The van der Waals surface area contributed by atoms with Gasteiger partial charge in [0.25, 0.3) is 0 Å². The van der Waals surface area contributed by atoms with Gasteiger partial charge in [0.1, 0.15) is 5.82 Å². The first-order valence-electron chi connectivity index (χ1n) is 5.93. The molecule has 18 heavy (non-hydrogen) atoms. The summed E-state index contributed by atoms with van der Waals surface area (Å²) < 4.78 is 18.3. The molecule has 1 unspecified atom stereocenters. The van der Waals surface area contributed by atoms with E-state index < -0.39 is 0 Å². The van der Waals surface area contributed by atoms with Crippen molar-refractivity contribution in [2.24, 2.45) is 0 Å². The molecule has 1 aliphatic heterocycles. The van der Waals surface area contributed by atoms with Crippen LogP contribution in [0.25, 0.3) is 11.1 Å². The molecule has 0 aliphatic carbocycles. The predicted octanol–water partition coefficient (Wildman–Crippen LogP) is 2.30. The lowest BCUT2D eigenvalue weighted by Gasteiger charge is -2.09. The number of anilines is 1. The van der Waals surface area contributed by atoms with E-state index in [1.807, 2.05) is 0 Å². The number of benzene rings is 1. The Bertz CT molecular complexity index is 544. The van der Waals surface area contributed by atoms with Crippen molar-refractivity contribution >= 4 is 5.82 Å². The van der Waals surface area contributed by atoms with Gasteiger partial charge in [-0.3, -0.25) is 5.10 Å². The first-order chi connectivity index (χ1) is 8.75. The lowest BCUT2D eigenvalue weighted by molar-refractivity contribution is 0.193. The van der Waals surface area contributed by atoms with Crippen LogP contribution in [0.2, 0.25) is 0 Å². The van der Waals surface area contributed by atoms with Gasteiger partial charge in [0.05, 0.1) is 12.3 Å². The maximum atomic E-state index is 13.0. The molecule has 1 aromatic carbocycles. The van der Waals surface area contributed by atoms with Crippen LogP contribution in [0, 0.1) is 5.82 Å². The number of H-pyrrole nitrogens is 1. The van der Waals surface area contributed by atoms with Gasteiger partial charge in [-0.05, 0) is 24.1 Å². The average Bonchev–Trinajstić information content (AvgIpc) is 2.99. The highest BCUT2D eigenvalue weighted by Crippen LogP contribution is 2.35. The summed E-state index contributed by atoms with van der Waals surface area (Å²) in [4.78, 5) is 0. The quantitative estimate of drug-likeness (QED) is 0.855. The van der Waals surface area contributed by atoms with Crippen molar-refractivity contribution in [3.63, 3.8) is 0 Å². The lowest BCUT2D eigenvalue weighted by atomic mass is 9.96. The molecular weight excluding hydrogens is 233 g/mol. The topological polar surface area (TPSA) is 63.9 Å². The minimum absolute atomic E-state index is 0.258. The summed E-state index contributed by atoms with van der Waals surface area (Å²) in [5.74, 6) is 0.477. The molecule has 1 aromatic heterocycles. The highest BCUT2D eigenvalue weighted by molar-refractivity contribution is 5.76. The molecule has 3 rings (SSSR count). The van der Waals surface area contributed by atoms with E-state index in [0.717, 1.165) is 29.8 Å². The van der Waals surface area contributed by atoms with Crippen molar-refractivity contribution in [3.05, 3.63) is 35.8 Å². The van der Waals surface area contributed by atoms with Crippen LogP contribution in [0.3, 0.4) is 0 Å². The molecule has 2 aromatic rings. The Labute approximate surface area is 104 Å². The van der Waals surface area contributed by atoms with Gasteiger partial charge in [0, 0.05) is 18.1 Å². The Kier molecular flexibility index (Phi) is 2.76. The second-order valence-corrected chi connectivity index (χ2v) is 4.46. The third-order valence-corrected chi connectivity index (χ3v) is 3.29. The van der Waals surface area contributed by atoms with Gasteiger partial charge in [0.2, 0.25) is 0 Å². The summed E-state index contributed by atoms with van der Waals surface area (Å²) in [6.45, 7) is 1.43. The molecule has 1 atom stereocenters. The molecule has 1 fully saturated rings. The van der Waals surface area contributed by atoms with Gasteiger partial charge in [0.15, 0.2) is 5.82 Å². The van der Waals surface area contributed by atoms with E-state index in [2.05, 4.69) is 10.2 Å². The third kappa shape index (κ3) is 1.86. The standard InChI is InChI=1S/C13H14FN3O/c14-10-3-1-8(2-4-10)11-12(16-17-13(11)15)9-5-6-18-7-9/h1-4,9H,5-7H2,(H3,15,16,17). The van der Waals surface area contributed by atoms with Crippen molar-refractivity contribution in [3.8, 4) is 11.1 Å². The van der Waals surface area contributed by atoms with E-state index in [-0.39, 0.29) is 11.7 Å². The zero-order chi connectivity index (χ0) is 12.5. The van der Waals surface area contributed by atoms with Gasteiger partial charge in [-0.15, -0.1) is 0 Å². The first kappa shape index (κ1) is 11.2. The number of hydrogen-bond donors (Lipinski definition) is 2. The smallest absolute Gasteiger partial charge is 0.153 e. The van der Waals surface area contributed by atoms with Crippen molar-refractivity contribution in [1.29, 1.82) is 0 Å². The lowest BCUT2D eigenvalue weighted by Crippen LogP contribution is -2.00. The Balaban J connectivity index is 2.04. The molecule has 0 amide bonds. The van der Waals surface area contributed by atoms with Crippen LogP contribution in [0.15, 0.2) is 24.3 Å². The number of aromatic nitrogens is 2.